The van der Waals surface area contributed by atoms with Gasteiger partial charge in [-0.25, -0.2) is 0 Å². The summed E-state index contributed by atoms with van der Waals surface area (Å²) in [6.07, 6.45) is 3.42. The molecule has 1 fully saturated rings. The largest absolute Gasteiger partial charge is 0.393 e. The van der Waals surface area contributed by atoms with Crippen molar-refractivity contribution < 1.29 is 9.84 Å². The first kappa shape index (κ1) is 11.2. The summed E-state index contributed by atoms with van der Waals surface area (Å²) in [7, 11) is -1.12. The molecule has 0 spiro atoms. The monoisotopic (exact) mass is 202 g/mol. The SMILES string of the molecule is C[Si](C)(C)CC1(CO)CCCCO1. The summed E-state index contributed by atoms with van der Waals surface area (Å²) < 4.78 is 5.78. The highest BCUT2D eigenvalue weighted by Gasteiger charge is 2.37. The molecule has 0 amide bonds. The number of hydrogen-bond acceptors (Lipinski definition) is 2. The van der Waals surface area contributed by atoms with Crippen LogP contribution in [0.4, 0.5) is 0 Å². The first-order chi connectivity index (χ1) is 5.97. The number of aliphatic hydroxyl groups excluding tert-OH is 1. The Hall–Kier alpha value is 0.137. The molecule has 0 bridgehead atoms. The van der Waals surface area contributed by atoms with E-state index in [0.29, 0.717) is 0 Å². The third kappa shape index (κ3) is 3.41. The van der Waals surface area contributed by atoms with E-state index >= 15 is 0 Å². The summed E-state index contributed by atoms with van der Waals surface area (Å²) in [5.74, 6) is 0. The Morgan fingerprint density at radius 2 is 2.00 bits per heavy atom. The second-order valence-electron chi connectivity index (χ2n) is 5.38. The van der Waals surface area contributed by atoms with Gasteiger partial charge in [0.05, 0.1) is 12.2 Å². The molecule has 1 aliphatic heterocycles. The molecule has 1 rings (SSSR count). The fraction of sp³-hybridized carbons (Fsp3) is 1.00. The molecule has 1 aliphatic rings. The van der Waals surface area contributed by atoms with Crippen molar-refractivity contribution in [3.05, 3.63) is 0 Å². The van der Waals surface area contributed by atoms with E-state index in [0.717, 1.165) is 25.5 Å². The Bertz CT molecular complexity index is 157. The molecule has 2 nitrogen and oxygen atoms in total. The average molecular weight is 202 g/mol. The summed E-state index contributed by atoms with van der Waals surface area (Å²) in [6.45, 7) is 8.05. The first-order valence-electron chi connectivity index (χ1n) is 5.22. The predicted octanol–water partition coefficient (Wildman–Crippen LogP) is 2.26. The highest BCUT2D eigenvalue weighted by atomic mass is 28.3. The van der Waals surface area contributed by atoms with Crippen molar-refractivity contribution in [3.8, 4) is 0 Å². The lowest BCUT2D eigenvalue weighted by Crippen LogP contribution is -2.45. The molecule has 0 aromatic rings. The van der Waals surface area contributed by atoms with Crippen molar-refractivity contribution in [3.63, 3.8) is 0 Å². The highest BCUT2D eigenvalue weighted by Crippen LogP contribution is 2.32. The number of rotatable bonds is 3. The van der Waals surface area contributed by atoms with Crippen LogP contribution in [-0.2, 0) is 4.74 Å². The highest BCUT2D eigenvalue weighted by molar-refractivity contribution is 6.76. The van der Waals surface area contributed by atoms with Crippen molar-refractivity contribution in [2.45, 2.75) is 50.5 Å². The van der Waals surface area contributed by atoms with Gasteiger partial charge in [-0.3, -0.25) is 0 Å². The quantitative estimate of drug-likeness (QED) is 0.711. The zero-order valence-corrected chi connectivity index (χ0v) is 10.1. The molecule has 3 heteroatoms. The zero-order valence-electron chi connectivity index (χ0n) is 9.10. The first-order valence-corrected chi connectivity index (χ1v) is 8.93. The Kier molecular flexibility index (Phi) is 3.55. The van der Waals surface area contributed by atoms with Gasteiger partial charge >= 0.3 is 0 Å². The van der Waals surface area contributed by atoms with Crippen molar-refractivity contribution in [1.82, 2.24) is 0 Å². The molecule has 0 aliphatic carbocycles. The smallest absolute Gasteiger partial charge is 0.0888 e. The average Bonchev–Trinajstić information content (AvgIpc) is 2.03. The van der Waals surface area contributed by atoms with Crippen molar-refractivity contribution in [1.29, 1.82) is 0 Å². The van der Waals surface area contributed by atoms with E-state index in [9.17, 15) is 5.11 Å². The Balaban J connectivity index is 2.57. The van der Waals surface area contributed by atoms with Crippen LogP contribution in [0, 0.1) is 0 Å². The Morgan fingerprint density at radius 1 is 1.31 bits per heavy atom. The molecular weight excluding hydrogens is 180 g/mol. The molecule has 1 atom stereocenters. The minimum absolute atomic E-state index is 0.178. The number of hydrogen-bond donors (Lipinski definition) is 1. The summed E-state index contributed by atoms with van der Waals surface area (Å²) in [5.41, 5.74) is -0.178. The van der Waals surface area contributed by atoms with Gasteiger partial charge in [-0.2, -0.15) is 0 Å². The fourth-order valence-electron chi connectivity index (χ4n) is 2.20. The van der Waals surface area contributed by atoms with Crippen LogP contribution >= 0.6 is 0 Å². The van der Waals surface area contributed by atoms with Crippen LogP contribution in [-0.4, -0.2) is 32.0 Å². The van der Waals surface area contributed by atoms with Crippen LogP contribution in [0.1, 0.15) is 19.3 Å². The van der Waals surface area contributed by atoms with Crippen LogP contribution in [0.15, 0.2) is 0 Å². The molecule has 0 radical (unpaired) electrons. The summed E-state index contributed by atoms with van der Waals surface area (Å²) >= 11 is 0. The third-order valence-corrected chi connectivity index (χ3v) is 4.28. The van der Waals surface area contributed by atoms with Crippen LogP contribution in [0.2, 0.25) is 25.7 Å². The maximum Gasteiger partial charge on any atom is 0.0888 e. The van der Waals surface area contributed by atoms with E-state index in [4.69, 9.17) is 4.74 Å². The number of aliphatic hydroxyl groups is 1. The van der Waals surface area contributed by atoms with Crippen LogP contribution < -0.4 is 0 Å². The van der Waals surface area contributed by atoms with Gasteiger partial charge in [0, 0.05) is 14.7 Å². The topological polar surface area (TPSA) is 29.5 Å². The molecule has 13 heavy (non-hydrogen) atoms. The summed E-state index contributed by atoms with van der Waals surface area (Å²) in [6, 6.07) is 1.09. The molecule has 78 valence electrons. The third-order valence-electron chi connectivity index (χ3n) is 2.58. The van der Waals surface area contributed by atoms with E-state index in [-0.39, 0.29) is 12.2 Å². The van der Waals surface area contributed by atoms with Crippen molar-refractivity contribution in [2.75, 3.05) is 13.2 Å². The molecule has 0 saturated carbocycles. The van der Waals surface area contributed by atoms with Crippen molar-refractivity contribution in [2.24, 2.45) is 0 Å². The maximum absolute atomic E-state index is 9.40. The van der Waals surface area contributed by atoms with Crippen molar-refractivity contribution >= 4 is 8.07 Å². The van der Waals surface area contributed by atoms with Gasteiger partial charge in [-0.05, 0) is 25.3 Å². The van der Waals surface area contributed by atoms with Crippen LogP contribution in [0.5, 0.6) is 0 Å². The Morgan fingerprint density at radius 3 is 2.38 bits per heavy atom. The molecule has 1 unspecified atom stereocenters. The molecule has 0 aromatic carbocycles. The van der Waals surface area contributed by atoms with Crippen LogP contribution in [0.3, 0.4) is 0 Å². The molecule has 1 saturated heterocycles. The molecular formula is C10H22O2Si. The lowest BCUT2D eigenvalue weighted by molar-refractivity contribution is -0.0951. The minimum atomic E-state index is -1.12. The normalized spacial score (nSPS) is 30.5. The lowest BCUT2D eigenvalue weighted by atomic mass is 9.97. The molecule has 0 aromatic heterocycles. The van der Waals surface area contributed by atoms with Gasteiger partial charge < -0.3 is 9.84 Å². The molecule has 1 N–H and O–H groups in total. The van der Waals surface area contributed by atoms with E-state index in [1.807, 2.05) is 0 Å². The van der Waals surface area contributed by atoms with Gasteiger partial charge in [-0.15, -0.1) is 0 Å². The molecule has 1 heterocycles. The van der Waals surface area contributed by atoms with Gasteiger partial charge in [0.25, 0.3) is 0 Å². The number of ether oxygens (including phenoxy) is 1. The maximum atomic E-state index is 9.40. The second kappa shape index (κ2) is 4.11. The Labute approximate surface area is 82.3 Å². The van der Waals surface area contributed by atoms with E-state index < -0.39 is 8.07 Å². The summed E-state index contributed by atoms with van der Waals surface area (Å²) in [4.78, 5) is 0. The van der Waals surface area contributed by atoms with Gasteiger partial charge in [-0.1, -0.05) is 19.6 Å². The predicted molar refractivity (Wildman–Crippen MR) is 57.8 cm³/mol. The fourth-order valence-corrected chi connectivity index (χ4v) is 4.52. The van der Waals surface area contributed by atoms with Crippen LogP contribution in [0.25, 0.3) is 0 Å². The van der Waals surface area contributed by atoms with E-state index in [1.54, 1.807) is 0 Å². The summed E-state index contributed by atoms with van der Waals surface area (Å²) in [5, 5.41) is 9.40. The van der Waals surface area contributed by atoms with Gasteiger partial charge in [0.1, 0.15) is 0 Å². The van der Waals surface area contributed by atoms with E-state index in [2.05, 4.69) is 19.6 Å². The lowest BCUT2D eigenvalue weighted by Gasteiger charge is -2.39. The van der Waals surface area contributed by atoms with Gasteiger partial charge in [0.15, 0.2) is 0 Å². The van der Waals surface area contributed by atoms with Gasteiger partial charge in [0.2, 0.25) is 0 Å². The standard InChI is InChI=1S/C10H22O2Si/c1-13(2,3)9-10(8-11)6-4-5-7-12-10/h11H,4-9H2,1-3H3. The zero-order chi connectivity index (χ0) is 9.95. The van der Waals surface area contributed by atoms with E-state index in [1.165, 1.54) is 6.42 Å². The minimum Gasteiger partial charge on any atom is -0.393 e. The second-order valence-corrected chi connectivity index (χ2v) is 10.9.